The van der Waals surface area contributed by atoms with E-state index >= 15 is 0 Å². The maximum atomic E-state index is 12.0. The minimum Gasteiger partial charge on any atom is -0.394 e. The Kier molecular flexibility index (Phi) is 5.07. The first-order valence-electron chi connectivity index (χ1n) is 5.64. The maximum absolute atomic E-state index is 12.0. The van der Waals surface area contributed by atoms with Gasteiger partial charge in [-0.2, -0.15) is 0 Å². The van der Waals surface area contributed by atoms with Crippen molar-refractivity contribution in [2.75, 3.05) is 13.2 Å². The second-order valence-corrected chi connectivity index (χ2v) is 4.62. The first-order valence-corrected chi connectivity index (χ1v) is 6.02. The third kappa shape index (κ3) is 3.19. The Bertz CT molecular complexity index is 425. The number of nitrogens with one attached hydrogen (secondary N) is 1. The van der Waals surface area contributed by atoms with Gasteiger partial charge in [0.15, 0.2) is 0 Å². The summed E-state index contributed by atoms with van der Waals surface area (Å²) >= 11 is 5.96. The van der Waals surface area contributed by atoms with Gasteiger partial charge >= 0.3 is 0 Å². The quantitative estimate of drug-likeness (QED) is 0.744. The number of aryl methyl sites for hydroxylation is 1. The van der Waals surface area contributed by atoms with Crippen LogP contribution >= 0.6 is 11.6 Å². The highest BCUT2D eigenvalue weighted by atomic mass is 35.5. The van der Waals surface area contributed by atoms with Crippen molar-refractivity contribution in [3.63, 3.8) is 0 Å². The number of aromatic nitrogens is 1. The minimum absolute atomic E-state index is 0.224. The Balaban J connectivity index is 2.94. The van der Waals surface area contributed by atoms with E-state index in [-0.39, 0.29) is 18.8 Å². The minimum atomic E-state index is -1.04. The lowest BCUT2D eigenvalue weighted by atomic mass is 9.98. The van der Waals surface area contributed by atoms with E-state index in [1.165, 1.54) is 6.20 Å². The van der Waals surface area contributed by atoms with Gasteiger partial charge in [-0.15, -0.1) is 0 Å². The lowest BCUT2D eigenvalue weighted by molar-refractivity contribution is 0.0653. The van der Waals surface area contributed by atoms with E-state index in [9.17, 15) is 15.0 Å². The molecule has 0 spiro atoms. The Morgan fingerprint density at radius 2 is 2.11 bits per heavy atom. The molecule has 1 aromatic heterocycles. The molecule has 18 heavy (non-hydrogen) atoms. The van der Waals surface area contributed by atoms with Crippen LogP contribution in [0, 0.1) is 6.92 Å². The van der Waals surface area contributed by atoms with Crippen LogP contribution in [0.25, 0.3) is 0 Å². The van der Waals surface area contributed by atoms with Gasteiger partial charge in [0.25, 0.3) is 5.91 Å². The van der Waals surface area contributed by atoms with Crippen molar-refractivity contribution < 1.29 is 15.0 Å². The highest BCUT2D eigenvalue weighted by Gasteiger charge is 2.29. The first-order chi connectivity index (χ1) is 8.48. The van der Waals surface area contributed by atoms with E-state index in [0.717, 1.165) is 0 Å². The molecule has 1 rings (SSSR count). The number of pyridine rings is 1. The number of hydrogen-bond acceptors (Lipinski definition) is 4. The molecule has 0 bridgehead atoms. The zero-order chi connectivity index (χ0) is 13.8. The Morgan fingerprint density at radius 3 is 2.56 bits per heavy atom. The number of amides is 1. The molecule has 0 aliphatic carbocycles. The van der Waals surface area contributed by atoms with E-state index in [0.29, 0.717) is 17.1 Å². The van der Waals surface area contributed by atoms with Crippen LogP contribution in [-0.2, 0) is 0 Å². The molecule has 0 fully saturated rings. The van der Waals surface area contributed by atoms with Crippen molar-refractivity contribution in [1.29, 1.82) is 0 Å². The number of aliphatic hydroxyl groups is 2. The van der Waals surface area contributed by atoms with E-state index in [2.05, 4.69) is 10.3 Å². The number of rotatable bonds is 5. The zero-order valence-electron chi connectivity index (χ0n) is 10.4. The highest BCUT2D eigenvalue weighted by Crippen LogP contribution is 2.17. The molecule has 0 radical (unpaired) electrons. The van der Waals surface area contributed by atoms with Crippen molar-refractivity contribution in [2.45, 2.75) is 25.8 Å². The Labute approximate surface area is 111 Å². The van der Waals surface area contributed by atoms with Crippen LogP contribution in [0.4, 0.5) is 0 Å². The molecule has 3 N–H and O–H groups in total. The highest BCUT2D eigenvalue weighted by molar-refractivity contribution is 6.33. The Hall–Kier alpha value is -1.17. The Morgan fingerprint density at radius 1 is 1.50 bits per heavy atom. The average Bonchev–Trinajstić information content (AvgIpc) is 2.36. The maximum Gasteiger partial charge on any atom is 0.254 e. The lowest BCUT2D eigenvalue weighted by Gasteiger charge is -2.29. The molecule has 0 atom stereocenters. The second kappa shape index (κ2) is 6.13. The largest absolute Gasteiger partial charge is 0.394 e. The van der Waals surface area contributed by atoms with E-state index in [4.69, 9.17) is 11.6 Å². The van der Waals surface area contributed by atoms with Gasteiger partial charge in [0.2, 0.25) is 0 Å². The summed E-state index contributed by atoms with van der Waals surface area (Å²) in [5.41, 5.74) is -0.102. The zero-order valence-corrected chi connectivity index (χ0v) is 11.2. The van der Waals surface area contributed by atoms with E-state index < -0.39 is 11.4 Å². The number of aliphatic hydroxyl groups excluding tert-OH is 2. The van der Waals surface area contributed by atoms with Crippen LogP contribution in [0.1, 0.15) is 29.4 Å². The average molecular weight is 273 g/mol. The molecule has 6 heteroatoms. The number of carbonyl (C=O) groups is 1. The standard InChI is InChI=1S/C12H17ClN2O3/c1-3-12(6-16,7-17)15-11(18)9-5-14-8(2)4-10(9)13/h4-5,16-17H,3,6-7H2,1-2H3,(H,15,18). The van der Waals surface area contributed by atoms with Crippen LogP contribution in [0.3, 0.4) is 0 Å². The van der Waals surface area contributed by atoms with Gasteiger partial charge in [0.1, 0.15) is 0 Å². The fraction of sp³-hybridized carbons (Fsp3) is 0.500. The van der Waals surface area contributed by atoms with Crippen LogP contribution < -0.4 is 5.32 Å². The van der Waals surface area contributed by atoms with Gasteiger partial charge in [-0.25, -0.2) is 0 Å². The topological polar surface area (TPSA) is 82.5 Å². The summed E-state index contributed by atoms with van der Waals surface area (Å²) in [7, 11) is 0. The van der Waals surface area contributed by atoms with Gasteiger partial charge in [-0.3, -0.25) is 9.78 Å². The van der Waals surface area contributed by atoms with Crippen LogP contribution in [0.2, 0.25) is 5.02 Å². The number of nitrogens with zero attached hydrogens (tertiary/aromatic N) is 1. The smallest absolute Gasteiger partial charge is 0.254 e. The molecule has 0 saturated heterocycles. The van der Waals surface area contributed by atoms with Crippen LogP contribution in [-0.4, -0.2) is 39.9 Å². The summed E-state index contributed by atoms with van der Waals surface area (Å²) in [5.74, 6) is -0.461. The van der Waals surface area contributed by atoms with Crippen molar-refractivity contribution in [2.24, 2.45) is 0 Å². The third-order valence-corrected chi connectivity index (χ3v) is 3.21. The van der Waals surface area contributed by atoms with E-state index in [1.807, 2.05) is 0 Å². The molecule has 0 aliphatic rings. The van der Waals surface area contributed by atoms with Crippen LogP contribution in [0.5, 0.6) is 0 Å². The molecule has 100 valence electrons. The van der Waals surface area contributed by atoms with Crippen molar-refractivity contribution in [1.82, 2.24) is 10.3 Å². The van der Waals surface area contributed by atoms with Gasteiger partial charge in [0.05, 0.1) is 29.3 Å². The lowest BCUT2D eigenvalue weighted by Crippen LogP contribution is -2.53. The summed E-state index contributed by atoms with van der Waals surface area (Å²) in [6.07, 6.45) is 1.78. The van der Waals surface area contributed by atoms with Gasteiger partial charge in [-0.1, -0.05) is 18.5 Å². The van der Waals surface area contributed by atoms with Crippen LogP contribution in [0.15, 0.2) is 12.3 Å². The second-order valence-electron chi connectivity index (χ2n) is 4.21. The fourth-order valence-corrected chi connectivity index (χ4v) is 1.74. The SMILES string of the molecule is CCC(CO)(CO)NC(=O)c1cnc(C)cc1Cl. The van der Waals surface area contributed by atoms with Gasteiger partial charge < -0.3 is 15.5 Å². The fourth-order valence-electron chi connectivity index (χ4n) is 1.44. The molecule has 0 aromatic carbocycles. The van der Waals surface area contributed by atoms with Crippen molar-refractivity contribution >= 4 is 17.5 Å². The summed E-state index contributed by atoms with van der Waals surface area (Å²) in [6, 6.07) is 1.59. The molecule has 0 saturated carbocycles. The number of carbonyl (C=O) groups excluding carboxylic acids is 1. The van der Waals surface area contributed by atoms with Gasteiger partial charge in [-0.05, 0) is 19.4 Å². The molecular formula is C12H17ClN2O3. The summed E-state index contributed by atoms with van der Waals surface area (Å²) in [6.45, 7) is 2.85. The number of halogens is 1. The molecule has 0 aliphatic heterocycles. The van der Waals surface area contributed by atoms with Crippen molar-refractivity contribution in [3.8, 4) is 0 Å². The molecular weight excluding hydrogens is 256 g/mol. The van der Waals surface area contributed by atoms with E-state index in [1.54, 1.807) is 19.9 Å². The normalized spacial score (nSPS) is 11.4. The summed E-state index contributed by atoms with van der Waals surface area (Å²) in [5, 5.41) is 21.4. The molecule has 1 aromatic rings. The summed E-state index contributed by atoms with van der Waals surface area (Å²) in [4.78, 5) is 16.0. The molecule has 0 unspecified atom stereocenters. The predicted molar refractivity (Wildman–Crippen MR) is 68.6 cm³/mol. The first kappa shape index (κ1) is 14.9. The van der Waals surface area contributed by atoms with Crippen molar-refractivity contribution in [3.05, 3.63) is 28.5 Å². The molecule has 1 heterocycles. The molecule has 5 nitrogen and oxygen atoms in total. The predicted octanol–water partition coefficient (Wildman–Crippen LogP) is 0.907. The third-order valence-electron chi connectivity index (χ3n) is 2.90. The number of hydrogen-bond donors (Lipinski definition) is 3. The van der Waals surface area contributed by atoms with Gasteiger partial charge in [0, 0.05) is 11.9 Å². The molecule has 1 amide bonds. The summed E-state index contributed by atoms with van der Waals surface area (Å²) < 4.78 is 0. The monoisotopic (exact) mass is 272 g/mol.